The van der Waals surface area contributed by atoms with Crippen molar-refractivity contribution in [2.24, 2.45) is 5.73 Å². The Morgan fingerprint density at radius 1 is 1.05 bits per heavy atom. The molecule has 0 spiro atoms. The molecule has 0 fully saturated rings. The van der Waals surface area contributed by atoms with Crippen LogP contribution in [0.3, 0.4) is 0 Å². The second-order valence-electron chi connectivity index (χ2n) is 7.04. The van der Waals surface area contributed by atoms with E-state index in [-0.39, 0.29) is 5.41 Å². The quantitative estimate of drug-likeness (QED) is 0.808. The maximum Gasteiger partial charge on any atom is 0.119 e. The van der Waals surface area contributed by atoms with Crippen LogP contribution in [0.15, 0.2) is 24.3 Å². The molecule has 1 aromatic rings. The van der Waals surface area contributed by atoms with Gasteiger partial charge >= 0.3 is 0 Å². The van der Waals surface area contributed by atoms with Gasteiger partial charge in [0.2, 0.25) is 0 Å². The second kappa shape index (κ2) is 6.10. The number of hydrogen-bond donors (Lipinski definition) is 1. The van der Waals surface area contributed by atoms with Gasteiger partial charge in [0.1, 0.15) is 5.75 Å². The zero-order valence-corrected chi connectivity index (χ0v) is 14.4. The van der Waals surface area contributed by atoms with Crippen LogP contribution in [0.2, 0.25) is 18.1 Å². The van der Waals surface area contributed by atoms with E-state index in [2.05, 4.69) is 65.1 Å². The Balaban J connectivity index is 2.68. The van der Waals surface area contributed by atoms with Crippen molar-refractivity contribution in [3.8, 4) is 5.75 Å². The van der Waals surface area contributed by atoms with E-state index < -0.39 is 8.80 Å². The van der Waals surface area contributed by atoms with Gasteiger partial charge in [-0.15, -0.1) is 0 Å². The van der Waals surface area contributed by atoms with Gasteiger partial charge < -0.3 is 10.5 Å². The van der Waals surface area contributed by atoms with Crippen LogP contribution in [0.25, 0.3) is 0 Å². The van der Waals surface area contributed by atoms with Gasteiger partial charge in [0.05, 0.1) is 6.61 Å². The molecule has 0 aliphatic heterocycles. The van der Waals surface area contributed by atoms with E-state index in [9.17, 15) is 0 Å². The fraction of sp³-hybridized carbons (Fsp3) is 0.625. The lowest BCUT2D eigenvalue weighted by atomic mass is 9.85. The molecule has 0 bridgehead atoms. The molecule has 3 heteroatoms. The molecule has 0 aliphatic carbocycles. The van der Waals surface area contributed by atoms with Gasteiger partial charge in [-0.1, -0.05) is 52.9 Å². The molecule has 108 valence electrons. The van der Waals surface area contributed by atoms with Gasteiger partial charge in [0, 0.05) is 20.8 Å². The number of ether oxygens (including phenoxy) is 1. The molecule has 0 saturated heterocycles. The van der Waals surface area contributed by atoms with Crippen LogP contribution in [0, 0.1) is 0 Å². The third-order valence-corrected chi connectivity index (χ3v) is 7.61. The third kappa shape index (κ3) is 4.36. The molecule has 0 heterocycles. The largest absolute Gasteiger partial charge is 0.493 e. The van der Waals surface area contributed by atoms with E-state index in [0.717, 1.165) is 12.4 Å². The molecule has 0 saturated carbocycles. The summed E-state index contributed by atoms with van der Waals surface area (Å²) in [5.41, 5.74) is 7.09. The van der Waals surface area contributed by atoms with Crippen molar-refractivity contribution >= 4 is 8.80 Å². The van der Waals surface area contributed by atoms with Crippen LogP contribution < -0.4 is 10.5 Å². The summed E-state index contributed by atoms with van der Waals surface area (Å²) < 4.78 is 5.94. The standard InChI is InChI=1S/C16H29NOSi/c1-15(2,11-17)13-7-9-14(10-8-13)18-12-16(3,4)19(5)6/h7-10,19H,11-12,17H2,1-6H3. The van der Waals surface area contributed by atoms with Crippen molar-refractivity contribution in [3.63, 3.8) is 0 Å². The van der Waals surface area contributed by atoms with Crippen LogP contribution >= 0.6 is 0 Å². The van der Waals surface area contributed by atoms with E-state index >= 15 is 0 Å². The first-order chi connectivity index (χ1) is 8.69. The Bertz CT molecular complexity index is 396. The summed E-state index contributed by atoms with van der Waals surface area (Å²) in [4.78, 5) is 0. The highest BCUT2D eigenvalue weighted by Gasteiger charge is 2.24. The minimum Gasteiger partial charge on any atom is -0.493 e. The van der Waals surface area contributed by atoms with E-state index in [1.807, 2.05) is 0 Å². The fourth-order valence-corrected chi connectivity index (χ4v) is 1.97. The highest BCUT2D eigenvalue weighted by atomic mass is 28.3. The maximum absolute atomic E-state index is 5.94. The Hall–Kier alpha value is -0.803. The van der Waals surface area contributed by atoms with E-state index in [4.69, 9.17) is 10.5 Å². The molecule has 0 amide bonds. The number of hydrogen-bond acceptors (Lipinski definition) is 2. The molecule has 2 nitrogen and oxygen atoms in total. The molecule has 2 N–H and O–H groups in total. The average molecular weight is 279 g/mol. The molecule has 0 aliphatic rings. The molecular formula is C16H29NOSi. The van der Waals surface area contributed by atoms with Crippen LogP contribution in [-0.4, -0.2) is 21.9 Å². The van der Waals surface area contributed by atoms with E-state index in [1.165, 1.54) is 5.56 Å². The van der Waals surface area contributed by atoms with Crippen molar-refractivity contribution < 1.29 is 4.74 Å². The van der Waals surface area contributed by atoms with Gasteiger partial charge in [-0.2, -0.15) is 0 Å². The Kier molecular flexibility index (Phi) is 5.22. The minimum absolute atomic E-state index is 0.0304. The summed E-state index contributed by atoms with van der Waals surface area (Å²) in [7, 11) is -0.705. The Morgan fingerprint density at radius 3 is 2.00 bits per heavy atom. The van der Waals surface area contributed by atoms with Crippen molar-refractivity contribution in [1.29, 1.82) is 0 Å². The molecule has 0 radical (unpaired) electrons. The lowest BCUT2D eigenvalue weighted by molar-refractivity contribution is 0.276. The Morgan fingerprint density at radius 2 is 1.58 bits per heavy atom. The number of nitrogens with two attached hydrogens (primary N) is 1. The van der Waals surface area contributed by atoms with Crippen molar-refractivity contribution in [3.05, 3.63) is 29.8 Å². The topological polar surface area (TPSA) is 35.2 Å². The second-order valence-corrected chi connectivity index (χ2v) is 10.9. The van der Waals surface area contributed by atoms with Crippen molar-refractivity contribution in [1.82, 2.24) is 0 Å². The number of rotatable bonds is 6. The first-order valence-electron chi connectivity index (χ1n) is 7.12. The first-order valence-corrected chi connectivity index (χ1v) is 10.0. The van der Waals surface area contributed by atoms with Crippen LogP contribution in [0.5, 0.6) is 5.75 Å². The number of benzene rings is 1. The Labute approximate surface area is 120 Å². The van der Waals surface area contributed by atoms with Gasteiger partial charge in [-0.25, -0.2) is 0 Å². The lowest BCUT2D eigenvalue weighted by Crippen LogP contribution is -2.28. The summed E-state index contributed by atoms with van der Waals surface area (Å²) >= 11 is 0. The molecule has 1 rings (SSSR count). The SMILES string of the molecule is C[SiH](C)C(C)(C)COc1ccc(C(C)(C)CN)cc1. The van der Waals surface area contributed by atoms with Crippen molar-refractivity contribution in [2.75, 3.05) is 13.2 Å². The van der Waals surface area contributed by atoms with E-state index in [0.29, 0.717) is 11.6 Å². The lowest BCUT2D eigenvalue weighted by Gasteiger charge is -2.28. The van der Waals surface area contributed by atoms with Gasteiger partial charge in [0.15, 0.2) is 0 Å². The maximum atomic E-state index is 5.94. The molecule has 0 aromatic heterocycles. The minimum atomic E-state index is -0.705. The van der Waals surface area contributed by atoms with Crippen molar-refractivity contribution in [2.45, 2.75) is 51.2 Å². The highest BCUT2D eigenvalue weighted by molar-refractivity contribution is 6.59. The van der Waals surface area contributed by atoms with Gasteiger partial charge in [-0.05, 0) is 22.7 Å². The zero-order chi connectivity index (χ0) is 14.7. The normalized spacial score (nSPS) is 12.8. The first kappa shape index (κ1) is 16.3. The van der Waals surface area contributed by atoms with Gasteiger partial charge in [-0.3, -0.25) is 0 Å². The van der Waals surface area contributed by atoms with Crippen LogP contribution in [0.4, 0.5) is 0 Å². The molecular weight excluding hydrogens is 250 g/mol. The summed E-state index contributed by atoms with van der Waals surface area (Å²) in [5, 5.41) is 0.329. The van der Waals surface area contributed by atoms with Crippen LogP contribution in [-0.2, 0) is 5.41 Å². The zero-order valence-electron chi connectivity index (χ0n) is 13.3. The summed E-state index contributed by atoms with van der Waals surface area (Å²) in [6.45, 7) is 15.1. The summed E-state index contributed by atoms with van der Waals surface area (Å²) in [6, 6.07) is 8.37. The third-order valence-electron chi connectivity index (χ3n) is 4.32. The summed E-state index contributed by atoms with van der Waals surface area (Å²) in [5.74, 6) is 0.958. The highest BCUT2D eigenvalue weighted by Crippen LogP contribution is 2.30. The fourth-order valence-electron chi connectivity index (χ4n) is 1.56. The molecule has 0 unspecified atom stereocenters. The monoisotopic (exact) mass is 279 g/mol. The average Bonchev–Trinajstić information content (AvgIpc) is 2.37. The smallest absolute Gasteiger partial charge is 0.119 e. The molecule has 19 heavy (non-hydrogen) atoms. The predicted molar refractivity (Wildman–Crippen MR) is 86.9 cm³/mol. The molecule has 1 aromatic carbocycles. The predicted octanol–water partition coefficient (Wildman–Crippen LogP) is 3.57. The summed E-state index contributed by atoms with van der Waals surface area (Å²) in [6.07, 6.45) is 0. The van der Waals surface area contributed by atoms with Crippen LogP contribution in [0.1, 0.15) is 33.3 Å². The molecule has 0 atom stereocenters. The van der Waals surface area contributed by atoms with Gasteiger partial charge in [0.25, 0.3) is 0 Å². The van der Waals surface area contributed by atoms with E-state index in [1.54, 1.807) is 0 Å².